The summed E-state index contributed by atoms with van der Waals surface area (Å²) < 4.78 is 31.9. The molecular weight excluding hydrogens is 398 g/mol. The monoisotopic (exact) mass is 416 g/mol. The van der Waals surface area contributed by atoms with Crippen LogP contribution in [0.4, 0.5) is 8.78 Å². The predicted molar refractivity (Wildman–Crippen MR) is 104 cm³/mol. The number of hydrogen-bond acceptors (Lipinski definition) is 6. The highest BCUT2D eigenvalue weighted by atomic mass is 32.2. The Hall–Kier alpha value is -2.81. The van der Waals surface area contributed by atoms with E-state index in [9.17, 15) is 13.6 Å². The number of Topliss-reactive ketones (excluding diaryl/α,β-unsaturated/α-hetero) is 1. The van der Waals surface area contributed by atoms with Crippen LogP contribution in [-0.4, -0.2) is 37.9 Å². The Morgan fingerprint density at radius 2 is 2.00 bits per heavy atom. The minimum atomic E-state index is -2.99. The average molecular weight is 416 g/mol. The zero-order valence-electron chi connectivity index (χ0n) is 15.6. The van der Waals surface area contributed by atoms with Crippen LogP contribution in [0.1, 0.15) is 34.8 Å². The van der Waals surface area contributed by atoms with Crippen LogP contribution in [0.15, 0.2) is 47.9 Å². The molecule has 0 amide bonds. The number of rotatable bonds is 8. The summed E-state index contributed by atoms with van der Waals surface area (Å²) >= 11 is 1.25. The van der Waals surface area contributed by atoms with E-state index in [1.165, 1.54) is 17.8 Å². The van der Waals surface area contributed by atoms with Crippen LogP contribution >= 0.6 is 11.8 Å². The molecule has 2 heterocycles. The maximum Gasteiger partial charge on any atom is 0.387 e. The number of ketones is 1. The average Bonchev–Trinajstić information content (AvgIpc) is 3.46. The number of alkyl halides is 2. The normalized spacial score (nSPS) is 13.7. The molecular formula is C20H18F2N4O2S. The van der Waals surface area contributed by atoms with Crippen molar-refractivity contribution < 1.29 is 18.3 Å². The van der Waals surface area contributed by atoms with Crippen molar-refractivity contribution in [3.63, 3.8) is 0 Å². The quantitative estimate of drug-likeness (QED) is 0.396. The van der Waals surface area contributed by atoms with E-state index in [0.29, 0.717) is 11.2 Å². The second-order valence-corrected chi connectivity index (χ2v) is 7.68. The van der Waals surface area contributed by atoms with Gasteiger partial charge in [0.25, 0.3) is 0 Å². The molecule has 0 spiro atoms. The number of carbonyl (C=O) groups is 1. The number of benzene rings is 1. The molecule has 3 aromatic rings. The van der Waals surface area contributed by atoms with Gasteiger partial charge in [0.15, 0.2) is 16.8 Å². The Bertz CT molecular complexity index is 1020. The number of carbonyl (C=O) groups excluding carboxylic acids is 1. The lowest BCUT2D eigenvalue weighted by molar-refractivity contribution is -0.0501. The van der Waals surface area contributed by atoms with Crippen LogP contribution in [0.3, 0.4) is 0 Å². The van der Waals surface area contributed by atoms with Gasteiger partial charge in [-0.15, -0.1) is 10.2 Å². The van der Waals surface area contributed by atoms with Crippen molar-refractivity contribution in [2.24, 2.45) is 0 Å². The van der Waals surface area contributed by atoms with Gasteiger partial charge in [-0.25, -0.2) is 0 Å². The first-order chi connectivity index (χ1) is 14.0. The molecule has 29 heavy (non-hydrogen) atoms. The number of aromatic nitrogens is 4. The first-order valence-corrected chi connectivity index (χ1v) is 10.1. The van der Waals surface area contributed by atoms with Gasteiger partial charge in [0.1, 0.15) is 5.75 Å². The Kier molecular flexibility index (Phi) is 5.57. The molecule has 1 saturated carbocycles. The third kappa shape index (κ3) is 4.45. The van der Waals surface area contributed by atoms with Gasteiger partial charge in [-0.05, 0) is 44.0 Å². The van der Waals surface area contributed by atoms with E-state index in [4.69, 9.17) is 0 Å². The predicted octanol–water partition coefficient (Wildman–Crippen LogP) is 4.56. The number of halogens is 2. The van der Waals surface area contributed by atoms with Crippen molar-refractivity contribution in [3.05, 3.63) is 53.9 Å². The number of nitrogens with zero attached hydrogens (tertiary/aromatic N) is 4. The molecule has 0 radical (unpaired) electrons. The zero-order valence-corrected chi connectivity index (χ0v) is 16.4. The molecule has 1 aromatic carbocycles. The van der Waals surface area contributed by atoms with Gasteiger partial charge in [0.2, 0.25) is 0 Å². The van der Waals surface area contributed by atoms with Crippen molar-refractivity contribution in [2.75, 3.05) is 5.75 Å². The van der Waals surface area contributed by atoms with Crippen molar-refractivity contribution in [1.82, 2.24) is 19.7 Å². The molecule has 1 aliphatic carbocycles. The highest BCUT2D eigenvalue weighted by Crippen LogP contribution is 2.41. The summed E-state index contributed by atoms with van der Waals surface area (Å²) in [6.07, 6.45) is 5.45. The summed E-state index contributed by atoms with van der Waals surface area (Å²) in [5.74, 6) is 0.370. The van der Waals surface area contributed by atoms with E-state index in [-0.39, 0.29) is 22.8 Å². The molecule has 0 saturated heterocycles. The Morgan fingerprint density at radius 3 is 2.69 bits per heavy atom. The van der Waals surface area contributed by atoms with Gasteiger partial charge in [-0.2, -0.15) is 8.78 Å². The molecule has 150 valence electrons. The largest absolute Gasteiger partial charge is 0.434 e. The standard InChI is InChI=1S/C20H18F2N4O2S/c1-12-2-5-17(28-19(21)22)15(10-12)16(27)11-29-20-25-24-18(26(20)14-3-4-14)13-6-8-23-9-7-13/h2,5-10,14,19H,3-4,11H2,1H3. The third-order valence-corrected chi connectivity index (χ3v) is 5.44. The number of thioether (sulfide) groups is 1. The van der Waals surface area contributed by atoms with E-state index in [2.05, 4.69) is 19.9 Å². The van der Waals surface area contributed by atoms with Crippen molar-refractivity contribution in [2.45, 2.75) is 37.6 Å². The highest BCUT2D eigenvalue weighted by molar-refractivity contribution is 7.99. The van der Waals surface area contributed by atoms with Crippen molar-refractivity contribution in [3.8, 4) is 17.1 Å². The van der Waals surface area contributed by atoms with Crippen LogP contribution < -0.4 is 4.74 Å². The summed E-state index contributed by atoms with van der Waals surface area (Å²) in [6, 6.07) is 8.63. The van der Waals surface area contributed by atoms with Crippen molar-refractivity contribution >= 4 is 17.5 Å². The number of ether oxygens (including phenoxy) is 1. The molecule has 6 nitrogen and oxygen atoms in total. The molecule has 0 unspecified atom stereocenters. The fourth-order valence-electron chi connectivity index (χ4n) is 3.00. The van der Waals surface area contributed by atoms with Gasteiger partial charge in [0.05, 0.1) is 11.3 Å². The number of pyridine rings is 1. The van der Waals surface area contributed by atoms with Crippen molar-refractivity contribution in [1.29, 1.82) is 0 Å². The molecule has 9 heteroatoms. The second kappa shape index (κ2) is 8.28. The lowest BCUT2D eigenvalue weighted by atomic mass is 10.1. The van der Waals surface area contributed by atoms with Crippen LogP contribution in [0, 0.1) is 6.92 Å². The summed E-state index contributed by atoms with van der Waals surface area (Å²) in [6.45, 7) is -1.20. The third-order valence-electron chi connectivity index (χ3n) is 4.50. The van der Waals surface area contributed by atoms with Crippen LogP contribution in [0.5, 0.6) is 5.75 Å². The number of aryl methyl sites for hydroxylation is 1. The Balaban J connectivity index is 1.55. The molecule has 0 atom stereocenters. The molecule has 0 aliphatic heterocycles. The van der Waals surface area contributed by atoms with Crippen LogP contribution in [-0.2, 0) is 0 Å². The molecule has 0 N–H and O–H groups in total. The zero-order chi connectivity index (χ0) is 20.4. The highest BCUT2D eigenvalue weighted by Gasteiger charge is 2.30. The number of hydrogen-bond donors (Lipinski definition) is 0. The summed E-state index contributed by atoms with van der Waals surface area (Å²) in [7, 11) is 0. The second-order valence-electron chi connectivity index (χ2n) is 6.73. The van der Waals surface area contributed by atoms with E-state index >= 15 is 0 Å². The molecule has 1 fully saturated rings. The lowest BCUT2D eigenvalue weighted by Crippen LogP contribution is -2.10. The minimum Gasteiger partial charge on any atom is -0.434 e. The topological polar surface area (TPSA) is 69.9 Å². The first kappa shape index (κ1) is 19.5. The maximum absolute atomic E-state index is 12.7. The molecule has 2 aromatic heterocycles. The van der Waals surface area contributed by atoms with Gasteiger partial charge >= 0.3 is 6.61 Å². The molecule has 4 rings (SSSR count). The summed E-state index contributed by atoms with van der Waals surface area (Å²) in [4.78, 5) is 16.8. The minimum absolute atomic E-state index is 0.0459. The van der Waals surface area contributed by atoms with Gasteiger partial charge < -0.3 is 4.74 Å². The fourth-order valence-corrected chi connectivity index (χ4v) is 3.89. The van der Waals surface area contributed by atoms with Gasteiger partial charge in [0, 0.05) is 24.0 Å². The summed E-state index contributed by atoms with van der Waals surface area (Å²) in [5.41, 5.74) is 1.84. The van der Waals surface area contributed by atoms with Crippen LogP contribution in [0.25, 0.3) is 11.4 Å². The fraction of sp³-hybridized carbons (Fsp3) is 0.300. The Morgan fingerprint density at radius 1 is 1.24 bits per heavy atom. The van der Waals surface area contributed by atoms with E-state index in [1.54, 1.807) is 31.5 Å². The Labute approximate surface area is 170 Å². The smallest absolute Gasteiger partial charge is 0.387 e. The summed E-state index contributed by atoms with van der Waals surface area (Å²) in [5, 5.41) is 9.19. The maximum atomic E-state index is 12.7. The first-order valence-electron chi connectivity index (χ1n) is 9.09. The van der Waals surface area contributed by atoms with E-state index in [1.807, 2.05) is 16.7 Å². The van der Waals surface area contributed by atoms with E-state index in [0.717, 1.165) is 29.8 Å². The van der Waals surface area contributed by atoms with E-state index < -0.39 is 6.61 Å². The lowest BCUT2D eigenvalue weighted by Gasteiger charge is -2.11. The van der Waals surface area contributed by atoms with Gasteiger partial charge in [-0.3, -0.25) is 14.3 Å². The van der Waals surface area contributed by atoms with Gasteiger partial charge in [-0.1, -0.05) is 23.4 Å². The molecule has 1 aliphatic rings. The van der Waals surface area contributed by atoms with Crippen LogP contribution in [0.2, 0.25) is 0 Å². The SMILES string of the molecule is Cc1ccc(OC(F)F)c(C(=O)CSc2nnc(-c3ccncc3)n2C2CC2)c1. The molecule has 0 bridgehead atoms.